The first-order chi connectivity index (χ1) is 13.6. The van der Waals surface area contributed by atoms with Gasteiger partial charge in [0.1, 0.15) is 5.69 Å². The average Bonchev–Trinajstić information content (AvgIpc) is 2.72. The molecule has 1 amide bonds. The van der Waals surface area contributed by atoms with Gasteiger partial charge in [0, 0.05) is 25.6 Å². The number of hydrogen-bond donors (Lipinski definition) is 1. The Labute approximate surface area is 166 Å². The lowest BCUT2D eigenvalue weighted by molar-refractivity contribution is -0.121. The first kappa shape index (κ1) is 20.5. The van der Waals surface area contributed by atoms with Crippen LogP contribution in [-0.4, -0.2) is 46.5 Å². The third-order valence-electron chi connectivity index (χ3n) is 5.79. The summed E-state index contributed by atoms with van der Waals surface area (Å²) in [5.41, 5.74) is 1.90. The summed E-state index contributed by atoms with van der Waals surface area (Å²) in [6, 6.07) is 8.27. The molecule has 1 aliphatic carbocycles. The summed E-state index contributed by atoms with van der Waals surface area (Å²) in [5.74, 6) is -0.00855. The number of amides is 1. The van der Waals surface area contributed by atoms with Gasteiger partial charge < -0.3 is 14.8 Å². The zero-order valence-electron chi connectivity index (χ0n) is 17.1. The number of aromatic nitrogens is 2. The van der Waals surface area contributed by atoms with Crippen molar-refractivity contribution in [2.24, 2.45) is 0 Å². The first-order valence-electron chi connectivity index (χ1n) is 10.5. The Morgan fingerprint density at radius 1 is 1.25 bits per heavy atom. The average molecular weight is 385 g/mol. The molecule has 0 bridgehead atoms. The molecule has 6 heteroatoms. The molecule has 28 heavy (non-hydrogen) atoms. The number of aryl methyl sites for hydroxylation is 2. The second-order valence-electron chi connectivity index (χ2n) is 7.87. The van der Waals surface area contributed by atoms with Gasteiger partial charge in [-0.25, -0.2) is 4.98 Å². The predicted molar refractivity (Wildman–Crippen MR) is 112 cm³/mol. The maximum atomic E-state index is 12.4. The highest BCUT2D eigenvalue weighted by Crippen LogP contribution is 2.21. The third-order valence-corrected chi connectivity index (χ3v) is 5.79. The molecular formula is C22H32N4O2. The molecule has 1 saturated carbocycles. The molecule has 152 valence electrons. The van der Waals surface area contributed by atoms with Gasteiger partial charge in [0.05, 0.1) is 11.0 Å². The molecule has 0 unspecified atom stereocenters. The predicted octanol–water partition coefficient (Wildman–Crippen LogP) is 2.87. The van der Waals surface area contributed by atoms with E-state index >= 15 is 0 Å². The summed E-state index contributed by atoms with van der Waals surface area (Å²) in [7, 11) is 2.20. The summed E-state index contributed by atoms with van der Waals surface area (Å²) in [4.78, 5) is 31.5. The van der Waals surface area contributed by atoms with E-state index in [1.54, 1.807) is 11.5 Å². The van der Waals surface area contributed by atoms with Crippen molar-refractivity contribution in [3.63, 3.8) is 0 Å². The van der Waals surface area contributed by atoms with Crippen molar-refractivity contribution < 1.29 is 4.79 Å². The molecule has 6 nitrogen and oxygen atoms in total. The fourth-order valence-electron chi connectivity index (χ4n) is 4.10. The van der Waals surface area contributed by atoms with E-state index in [1.165, 1.54) is 32.1 Å². The minimum atomic E-state index is -0.124. The smallest absolute Gasteiger partial charge is 0.272 e. The molecule has 1 fully saturated rings. The maximum absolute atomic E-state index is 12.4. The van der Waals surface area contributed by atoms with Crippen molar-refractivity contribution in [1.29, 1.82) is 0 Å². The number of carbonyl (C=O) groups excluding carboxylic acids is 1. The molecule has 1 heterocycles. The van der Waals surface area contributed by atoms with Gasteiger partial charge in [-0.05, 0) is 51.9 Å². The minimum Gasteiger partial charge on any atom is -0.356 e. The van der Waals surface area contributed by atoms with Crippen LogP contribution >= 0.6 is 0 Å². The molecule has 2 aromatic rings. The van der Waals surface area contributed by atoms with E-state index in [9.17, 15) is 9.59 Å². The van der Waals surface area contributed by atoms with Crippen LogP contribution in [0.5, 0.6) is 0 Å². The topological polar surface area (TPSA) is 67.2 Å². The zero-order chi connectivity index (χ0) is 19.9. The van der Waals surface area contributed by atoms with Crippen LogP contribution in [0.3, 0.4) is 0 Å². The monoisotopic (exact) mass is 384 g/mol. The number of fused-ring (bicyclic) bond motifs is 1. The van der Waals surface area contributed by atoms with Crippen molar-refractivity contribution in [3.8, 4) is 0 Å². The molecule has 1 aliphatic rings. The Morgan fingerprint density at radius 2 is 2.00 bits per heavy atom. The van der Waals surface area contributed by atoms with Crippen LogP contribution in [0.1, 0.15) is 50.6 Å². The molecule has 0 saturated heterocycles. The van der Waals surface area contributed by atoms with Gasteiger partial charge in [0.2, 0.25) is 5.91 Å². The number of carbonyl (C=O) groups is 1. The summed E-state index contributed by atoms with van der Waals surface area (Å²) in [6.07, 6.45) is 7.91. The van der Waals surface area contributed by atoms with E-state index in [2.05, 4.69) is 22.2 Å². The van der Waals surface area contributed by atoms with Crippen molar-refractivity contribution in [3.05, 3.63) is 40.3 Å². The highest BCUT2D eigenvalue weighted by Gasteiger charge is 2.17. The van der Waals surface area contributed by atoms with Crippen molar-refractivity contribution >= 4 is 16.9 Å². The van der Waals surface area contributed by atoms with Crippen LogP contribution in [0.15, 0.2) is 29.1 Å². The number of nitrogens with zero attached hydrogens (tertiary/aromatic N) is 3. The van der Waals surface area contributed by atoms with Crippen molar-refractivity contribution in [1.82, 2.24) is 19.8 Å². The molecular weight excluding hydrogens is 352 g/mol. The van der Waals surface area contributed by atoms with Gasteiger partial charge in [0.15, 0.2) is 0 Å². The second-order valence-corrected chi connectivity index (χ2v) is 7.87. The Bertz CT molecular complexity index is 855. The molecule has 0 aliphatic heterocycles. The number of benzene rings is 1. The maximum Gasteiger partial charge on any atom is 0.272 e. The lowest BCUT2D eigenvalue weighted by atomic mass is 9.94. The van der Waals surface area contributed by atoms with E-state index < -0.39 is 0 Å². The summed E-state index contributed by atoms with van der Waals surface area (Å²) in [5, 5.41) is 3.00. The molecule has 3 rings (SSSR count). The fourth-order valence-corrected chi connectivity index (χ4v) is 4.10. The third kappa shape index (κ3) is 5.19. The quantitative estimate of drug-likeness (QED) is 0.711. The van der Waals surface area contributed by atoms with Crippen LogP contribution in [0.25, 0.3) is 11.0 Å². The number of rotatable bonds is 8. The van der Waals surface area contributed by atoms with Crippen LogP contribution in [-0.2, 0) is 11.3 Å². The van der Waals surface area contributed by atoms with Crippen LogP contribution in [0.2, 0.25) is 0 Å². The van der Waals surface area contributed by atoms with E-state index in [0.717, 1.165) is 24.0 Å². The molecule has 1 aromatic heterocycles. The van der Waals surface area contributed by atoms with Crippen LogP contribution in [0.4, 0.5) is 0 Å². The molecule has 0 atom stereocenters. The Kier molecular flexibility index (Phi) is 7.20. The highest BCUT2D eigenvalue weighted by atomic mass is 16.1. The van der Waals surface area contributed by atoms with E-state index in [0.29, 0.717) is 31.2 Å². The highest BCUT2D eigenvalue weighted by molar-refractivity contribution is 5.77. The van der Waals surface area contributed by atoms with Crippen LogP contribution < -0.4 is 10.9 Å². The summed E-state index contributed by atoms with van der Waals surface area (Å²) in [6.45, 7) is 3.78. The van der Waals surface area contributed by atoms with Gasteiger partial charge in [-0.3, -0.25) is 9.59 Å². The summed E-state index contributed by atoms with van der Waals surface area (Å²) >= 11 is 0. The van der Waals surface area contributed by atoms with Gasteiger partial charge in [0.25, 0.3) is 5.56 Å². The van der Waals surface area contributed by atoms with Gasteiger partial charge in [-0.1, -0.05) is 31.4 Å². The van der Waals surface area contributed by atoms with Gasteiger partial charge in [-0.2, -0.15) is 0 Å². The largest absolute Gasteiger partial charge is 0.356 e. The van der Waals surface area contributed by atoms with Crippen LogP contribution in [0, 0.1) is 6.92 Å². The summed E-state index contributed by atoms with van der Waals surface area (Å²) < 4.78 is 1.66. The van der Waals surface area contributed by atoms with E-state index in [-0.39, 0.29) is 11.5 Å². The number of para-hydroxylation sites is 2. The molecule has 1 aromatic carbocycles. The van der Waals surface area contributed by atoms with Gasteiger partial charge in [-0.15, -0.1) is 0 Å². The lowest BCUT2D eigenvalue weighted by Crippen LogP contribution is -2.36. The number of nitrogens with one attached hydrogen (secondary N) is 1. The fraction of sp³-hybridized carbons (Fsp3) is 0.591. The normalized spacial score (nSPS) is 15.2. The van der Waals surface area contributed by atoms with Crippen molar-refractivity contribution in [2.45, 2.75) is 64.5 Å². The SMILES string of the molecule is Cc1nc2ccccc2n(CCC(=O)NCCCN(C)C2CCCCC2)c1=O. The Balaban J connectivity index is 1.45. The Morgan fingerprint density at radius 3 is 2.79 bits per heavy atom. The minimum absolute atomic E-state index is 0.00855. The molecule has 0 spiro atoms. The molecule has 0 radical (unpaired) electrons. The standard InChI is InChI=1S/C22H32N4O2/c1-17-22(28)26(20-12-7-6-11-19(20)24-17)16-13-21(27)23-14-8-15-25(2)18-9-4-3-5-10-18/h6-7,11-12,18H,3-5,8-10,13-16H2,1-2H3,(H,23,27). The zero-order valence-corrected chi connectivity index (χ0v) is 17.1. The van der Waals surface area contributed by atoms with E-state index in [4.69, 9.17) is 0 Å². The van der Waals surface area contributed by atoms with Gasteiger partial charge >= 0.3 is 0 Å². The Hall–Kier alpha value is -2.21. The number of hydrogen-bond acceptors (Lipinski definition) is 4. The van der Waals surface area contributed by atoms with E-state index in [1.807, 2.05) is 24.3 Å². The lowest BCUT2D eigenvalue weighted by Gasteiger charge is -2.31. The molecule has 1 N–H and O–H groups in total. The second kappa shape index (κ2) is 9.82. The first-order valence-corrected chi connectivity index (χ1v) is 10.5. The van der Waals surface area contributed by atoms with Crippen molar-refractivity contribution in [2.75, 3.05) is 20.1 Å².